The molecule has 0 saturated carbocycles. The number of carbonyl (C=O) groups excluding carboxylic acids is 2. The van der Waals surface area contributed by atoms with Gasteiger partial charge >= 0.3 is 5.97 Å². The van der Waals surface area contributed by atoms with Crippen molar-refractivity contribution in [3.05, 3.63) is 36.5 Å². The molecule has 3 N–H and O–H groups in total. The second kappa shape index (κ2) is 56.0. The third-order valence-corrected chi connectivity index (χ3v) is 14.0. The minimum absolute atomic E-state index is 0.0672. The summed E-state index contributed by atoms with van der Waals surface area (Å²) in [5.74, 6) is -0.477. The zero-order valence-electron chi connectivity index (χ0n) is 45.8. The molecule has 0 radical (unpaired) electrons. The van der Waals surface area contributed by atoms with Gasteiger partial charge in [0.1, 0.15) is 6.10 Å². The fraction of sp³-hybridized carbons (Fsp3) is 0.871. The number of aliphatic hydroxyl groups excluding tert-OH is 2. The molecule has 6 heteroatoms. The van der Waals surface area contributed by atoms with Crippen LogP contribution in [0.15, 0.2) is 36.5 Å². The number of ether oxygens (including phenoxy) is 1. The Morgan fingerprint density at radius 2 is 0.794 bits per heavy atom. The van der Waals surface area contributed by atoms with E-state index in [1.807, 2.05) is 0 Å². The monoisotopic (exact) mass is 956 g/mol. The number of allylic oxidation sites excluding steroid dienone is 6. The molecule has 0 saturated heterocycles. The third-order valence-electron chi connectivity index (χ3n) is 14.0. The Morgan fingerprint density at radius 1 is 0.441 bits per heavy atom. The van der Waals surface area contributed by atoms with E-state index < -0.39 is 18.2 Å². The smallest absolute Gasteiger partial charge is 0.306 e. The Morgan fingerprint density at radius 3 is 1.21 bits per heavy atom. The predicted octanol–water partition coefficient (Wildman–Crippen LogP) is 18.8. The Hall–Kier alpha value is -1.92. The van der Waals surface area contributed by atoms with Crippen molar-refractivity contribution in [2.45, 2.75) is 341 Å². The summed E-state index contributed by atoms with van der Waals surface area (Å²) < 4.78 is 5.96. The van der Waals surface area contributed by atoms with Crippen LogP contribution in [-0.2, 0) is 14.3 Å². The lowest BCUT2D eigenvalue weighted by Gasteiger charge is -2.24. The molecule has 0 fully saturated rings. The predicted molar refractivity (Wildman–Crippen MR) is 296 cm³/mol. The van der Waals surface area contributed by atoms with Gasteiger partial charge in [0.05, 0.1) is 25.2 Å². The van der Waals surface area contributed by atoms with Crippen molar-refractivity contribution in [2.75, 3.05) is 6.61 Å². The molecule has 1 amide bonds. The Balaban J connectivity index is 4.49. The number of amides is 1. The van der Waals surface area contributed by atoms with E-state index in [1.165, 1.54) is 193 Å². The van der Waals surface area contributed by atoms with Gasteiger partial charge in [-0.2, -0.15) is 0 Å². The second-order valence-electron chi connectivity index (χ2n) is 20.7. The van der Waals surface area contributed by atoms with Gasteiger partial charge in [-0.15, -0.1) is 0 Å². The first-order chi connectivity index (χ1) is 33.5. The molecule has 0 spiro atoms. The van der Waals surface area contributed by atoms with Crippen molar-refractivity contribution in [2.24, 2.45) is 0 Å². The van der Waals surface area contributed by atoms with Gasteiger partial charge < -0.3 is 20.3 Å². The molecule has 0 aromatic heterocycles. The van der Waals surface area contributed by atoms with Gasteiger partial charge in [0.25, 0.3) is 0 Å². The fourth-order valence-electron chi connectivity index (χ4n) is 9.45. The number of hydrogen-bond acceptors (Lipinski definition) is 5. The quantitative estimate of drug-likeness (QED) is 0.0321. The number of nitrogens with one attached hydrogen (secondary N) is 1. The van der Waals surface area contributed by atoms with Gasteiger partial charge in [-0.1, -0.05) is 288 Å². The van der Waals surface area contributed by atoms with Crippen LogP contribution in [0, 0.1) is 0 Å². The molecule has 0 aromatic rings. The average molecular weight is 957 g/mol. The highest BCUT2D eigenvalue weighted by Crippen LogP contribution is 2.19. The minimum atomic E-state index is -0.793. The highest BCUT2D eigenvalue weighted by atomic mass is 16.5. The second-order valence-corrected chi connectivity index (χ2v) is 20.7. The minimum Gasteiger partial charge on any atom is -0.462 e. The Kier molecular flexibility index (Phi) is 54.4. The van der Waals surface area contributed by atoms with Crippen LogP contribution in [0.3, 0.4) is 0 Å². The van der Waals surface area contributed by atoms with Gasteiger partial charge in [-0.05, 0) is 57.8 Å². The van der Waals surface area contributed by atoms with Crippen molar-refractivity contribution in [1.82, 2.24) is 5.32 Å². The molecule has 400 valence electrons. The summed E-state index contributed by atoms with van der Waals surface area (Å²) >= 11 is 0. The maximum absolute atomic E-state index is 13.3. The largest absolute Gasteiger partial charge is 0.462 e. The van der Waals surface area contributed by atoms with E-state index >= 15 is 0 Å². The van der Waals surface area contributed by atoms with E-state index in [0.717, 1.165) is 83.5 Å². The molecule has 0 bridgehead atoms. The summed E-state index contributed by atoms with van der Waals surface area (Å²) in [5.41, 5.74) is 0. The normalized spacial score (nSPS) is 13.3. The first-order valence-electron chi connectivity index (χ1n) is 30.2. The molecule has 6 nitrogen and oxygen atoms in total. The highest BCUT2D eigenvalue weighted by Gasteiger charge is 2.24. The van der Waals surface area contributed by atoms with Crippen LogP contribution in [0.5, 0.6) is 0 Å². The summed E-state index contributed by atoms with van der Waals surface area (Å²) in [6.45, 7) is 6.41. The van der Waals surface area contributed by atoms with E-state index in [-0.39, 0.29) is 24.9 Å². The molecule has 0 rings (SSSR count). The van der Waals surface area contributed by atoms with Crippen molar-refractivity contribution in [3.8, 4) is 0 Å². The van der Waals surface area contributed by atoms with Crippen molar-refractivity contribution in [1.29, 1.82) is 0 Å². The topological polar surface area (TPSA) is 95.9 Å². The summed E-state index contributed by atoms with van der Waals surface area (Å²) in [6, 6.07) is -0.707. The van der Waals surface area contributed by atoms with Crippen molar-refractivity contribution >= 4 is 11.9 Å². The molecule has 0 aromatic carbocycles. The van der Waals surface area contributed by atoms with Crippen LogP contribution in [0.4, 0.5) is 0 Å². The van der Waals surface area contributed by atoms with E-state index in [2.05, 4.69) is 62.5 Å². The van der Waals surface area contributed by atoms with Crippen LogP contribution in [-0.4, -0.2) is 46.9 Å². The molecule has 3 unspecified atom stereocenters. The third kappa shape index (κ3) is 50.5. The first kappa shape index (κ1) is 66.1. The lowest BCUT2D eigenvalue weighted by atomic mass is 10.0. The van der Waals surface area contributed by atoms with Crippen molar-refractivity contribution < 1.29 is 24.5 Å². The van der Waals surface area contributed by atoms with E-state index in [4.69, 9.17) is 4.74 Å². The van der Waals surface area contributed by atoms with Gasteiger partial charge in [0.15, 0.2) is 0 Å². The zero-order valence-corrected chi connectivity index (χ0v) is 45.8. The molecule has 0 aliphatic heterocycles. The zero-order chi connectivity index (χ0) is 49.5. The number of esters is 1. The fourth-order valence-corrected chi connectivity index (χ4v) is 9.45. The van der Waals surface area contributed by atoms with Crippen LogP contribution in [0.1, 0.15) is 323 Å². The SMILES string of the molecule is CC/C=C/C/C=C/C/C=C/CCCCCCC(CC(=O)NC(CO)C(O)CCCCCCCCCCCCCCCCCC)OC(=O)CCCCCCCCCCCCCCCCCCCCC. The first-order valence-corrected chi connectivity index (χ1v) is 30.2. The maximum atomic E-state index is 13.3. The molecule has 0 aliphatic rings. The van der Waals surface area contributed by atoms with Gasteiger partial charge in [-0.25, -0.2) is 0 Å². The van der Waals surface area contributed by atoms with E-state index in [9.17, 15) is 19.8 Å². The molecule has 0 heterocycles. The standard InChI is InChI=1S/C62H117NO5/c1-4-7-10-13-16-19-22-25-28-30-31-32-34-37-40-43-46-49-52-55-62(67)68-58(53-50-47-44-41-38-35-27-24-21-18-15-12-9-6-3)56-61(66)63-59(57-64)60(65)54-51-48-45-42-39-36-33-29-26-23-20-17-14-11-8-5-2/h9,12,18,21,27,35,58-60,64-65H,4-8,10-11,13-17,19-20,22-26,28-34,36-57H2,1-3H3,(H,63,66)/b12-9+,21-18+,35-27+. The van der Waals surface area contributed by atoms with Crippen LogP contribution in [0.25, 0.3) is 0 Å². The lowest BCUT2D eigenvalue weighted by molar-refractivity contribution is -0.151. The van der Waals surface area contributed by atoms with E-state index in [1.54, 1.807) is 0 Å². The molecule has 3 atom stereocenters. The molecule has 68 heavy (non-hydrogen) atoms. The van der Waals surface area contributed by atoms with Gasteiger partial charge in [0, 0.05) is 6.42 Å². The summed E-state index contributed by atoms with van der Waals surface area (Å²) in [6.07, 6.45) is 67.9. The average Bonchev–Trinajstić information content (AvgIpc) is 3.33. The van der Waals surface area contributed by atoms with Gasteiger partial charge in [0.2, 0.25) is 5.91 Å². The van der Waals surface area contributed by atoms with E-state index in [0.29, 0.717) is 19.3 Å². The molecular weight excluding hydrogens is 839 g/mol. The number of carbonyl (C=O) groups is 2. The molecule has 0 aliphatic carbocycles. The molecular formula is C62H117NO5. The maximum Gasteiger partial charge on any atom is 0.306 e. The Labute approximate surface area is 424 Å². The summed E-state index contributed by atoms with van der Waals surface area (Å²) in [7, 11) is 0. The lowest BCUT2D eigenvalue weighted by Crippen LogP contribution is -2.46. The highest BCUT2D eigenvalue weighted by molar-refractivity contribution is 5.77. The van der Waals surface area contributed by atoms with Crippen molar-refractivity contribution in [3.63, 3.8) is 0 Å². The number of unbranched alkanes of at least 4 members (excludes halogenated alkanes) is 37. The van der Waals surface area contributed by atoms with Crippen LogP contribution < -0.4 is 5.32 Å². The number of hydrogen-bond donors (Lipinski definition) is 3. The van der Waals surface area contributed by atoms with Crippen LogP contribution in [0.2, 0.25) is 0 Å². The number of rotatable bonds is 55. The van der Waals surface area contributed by atoms with Crippen LogP contribution >= 0.6 is 0 Å². The Bertz CT molecular complexity index is 1120. The summed E-state index contributed by atoms with van der Waals surface area (Å²) in [4.78, 5) is 26.3. The summed E-state index contributed by atoms with van der Waals surface area (Å²) in [5, 5.41) is 23.9. The number of aliphatic hydroxyl groups is 2. The van der Waals surface area contributed by atoms with Gasteiger partial charge in [-0.3, -0.25) is 9.59 Å².